The lowest BCUT2D eigenvalue weighted by molar-refractivity contribution is -0.142. The molecule has 4 heteroatoms. The number of benzene rings is 1. The fourth-order valence-corrected chi connectivity index (χ4v) is 2.01. The van der Waals surface area contributed by atoms with Gasteiger partial charge in [0.2, 0.25) is 0 Å². The normalized spacial score (nSPS) is 13.8. The fourth-order valence-electron chi connectivity index (χ4n) is 2.01. The fraction of sp³-hybridized carbons (Fsp3) is 0.385. The second-order valence-corrected chi connectivity index (χ2v) is 4.13. The van der Waals surface area contributed by atoms with Crippen LogP contribution in [0.3, 0.4) is 0 Å². The molecule has 0 bridgehead atoms. The van der Waals surface area contributed by atoms with Crippen LogP contribution in [-0.4, -0.2) is 30.4 Å². The Morgan fingerprint density at radius 1 is 1.47 bits per heavy atom. The number of fused-ring (bicyclic) bond motifs is 1. The van der Waals surface area contributed by atoms with E-state index >= 15 is 0 Å². The lowest BCUT2D eigenvalue weighted by Crippen LogP contribution is -2.17. The second kappa shape index (κ2) is 4.57. The molecular formula is C13H15NO3. The summed E-state index contributed by atoms with van der Waals surface area (Å²) in [6.45, 7) is 2.80. The predicted molar refractivity (Wildman–Crippen MR) is 62.6 cm³/mol. The highest BCUT2D eigenvalue weighted by Gasteiger charge is 2.24. The lowest BCUT2D eigenvalue weighted by atomic mass is 10.0. The topological polar surface area (TPSA) is 46.6 Å². The minimum absolute atomic E-state index is 0.0442. The summed E-state index contributed by atoms with van der Waals surface area (Å²) in [6.07, 6.45) is 0.263. The monoisotopic (exact) mass is 233 g/mol. The maximum atomic E-state index is 11.7. The first-order valence-corrected chi connectivity index (χ1v) is 5.64. The Balaban J connectivity index is 2.16. The van der Waals surface area contributed by atoms with Crippen LogP contribution in [0.2, 0.25) is 0 Å². The summed E-state index contributed by atoms with van der Waals surface area (Å²) in [5.74, 6) is -0.187. The third-order valence-corrected chi connectivity index (χ3v) is 2.81. The van der Waals surface area contributed by atoms with Crippen molar-refractivity contribution < 1.29 is 14.3 Å². The Morgan fingerprint density at radius 2 is 2.24 bits per heavy atom. The van der Waals surface area contributed by atoms with E-state index in [1.54, 1.807) is 24.9 Å². The number of carbonyl (C=O) groups is 2. The van der Waals surface area contributed by atoms with Gasteiger partial charge in [-0.2, -0.15) is 0 Å². The van der Waals surface area contributed by atoms with Gasteiger partial charge in [0.25, 0.3) is 5.91 Å². The molecule has 1 aromatic rings. The van der Waals surface area contributed by atoms with Crippen LogP contribution < -0.4 is 0 Å². The van der Waals surface area contributed by atoms with Gasteiger partial charge >= 0.3 is 5.97 Å². The highest BCUT2D eigenvalue weighted by Crippen LogP contribution is 2.22. The highest BCUT2D eigenvalue weighted by atomic mass is 16.5. The van der Waals surface area contributed by atoms with Gasteiger partial charge in [-0.1, -0.05) is 12.1 Å². The molecule has 0 N–H and O–H groups in total. The van der Waals surface area contributed by atoms with Crippen molar-refractivity contribution in [3.05, 3.63) is 34.9 Å². The first kappa shape index (κ1) is 11.6. The Morgan fingerprint density at radius 3 is 2.94 bits per heavy atom. The molecule has 1 aliphatic heterocycles. The summed E-state index contributed by atoms with van der Waals surface area (Å²) in [5.41, 5.74) is 2.62. The molecule has 0 saturated heterocycles. The summed E-state index contributed by atoms with van der Waals surface area (Å²) < 4.78 is 4.89. The van der Waals surface area contributed by atoms with Crippen LogP contribution >= 0.6 is 0 Å². The standard InChI is InChI=1S/C13H15NO3/c1-3-17-12(15)7-9-4-5-11-10(6-9)8-14(2)13(11)16/h4-6H,3,7-8H2,1-2H3. The molecule has 1 aliphatic rings. The Bertz CT molecular complexity index is 468. The van der Waals surface area contributed by atoms with Crippen molar-refractivity contribution in [2.75, 3.05) is 13.7 Å². The van der Waals surface area contributed by atoms with Crippen molar-refractivity contribution >= 4 is 11.9 Å². The van der Waals surface area contributed by atoms with Crippen molar-refractivity contribution in [1.82, 2.24) is 4.90 Å². The van der Waals surface area contributed by atoms with E-state index in [9.17, 15) is 9.59 Å². The van der Waals surface area contributed by atoms with E-state index in [1.807, 2.05) is 12.1 Å². The molecule has 2 rings (SSSR count). The zero-order chi connectivity index (χ0) is 12.4. The molecule has 0 saturated carbocycles. The molecule has 0 fully saturated rings. The molecular weight excluding hydrogens is 218 g/mol. The second-order valence-electron chi connectivity index (χ2n) is 4.13. The number of rotatable bonds is 3. The first-order valence-electron chi connectivity index (χ1n) is 5.64. The Kier molecular flexibility index (Phi) is 3.13. The summed E-state index contributed by atoms with van der Waals surface area (Å²) in [5, 5.41) is 0. The van der Waals surface area contributed by atoms with Gasteiger partial charge in [0.15, 0.2) is 0 Å². The lowest BCUT2D eigenvalue weighted by Gasteiger charge is -2.04. The molecule has 1 aromatic carbocycles. The van der Waals surface area contributed by atoms with Gasteiger partial charge in [0.05, 0.1) is 13.0 Å². The Labute approximate surface area is 100 Å². The van der Waals surface area contributed by atoms with E-state index < -0.39 is 0 Å². The maximum Gasteiger partial charge on any atom is 0.310 e. The van der Waals surface area contributed by atoms with Crippen LogP contribution in [0, 0.1) is 0 Å². The molecule has 0 unspecified atom stereocenters. The van der Waals surface area contributed by atoms with Gasteiger partial charge in [0, 0.05) is 19.2 Å². The molecule has 4 nitrogen and oxygen atoms in total. The number of hydrogen-bond donors (Lipinski definition) is 0. The molecule has 1 amide bonds. The van der Waals surface area contributed by atoms with Crippen molar-refractivity contribution in [2.24, 2.45) is 0 Å². The van der Waals surface area contributed by atoms with E-state index in [2.05, 4.69) is 0 Å². The third-order valence-electron chi connectivity index (χ3n) is 2.81. The molecule has 0 radical (unpaired) electrons. The number of ether oxygens (including phenoxy) is 1. The minimum atomic E-state index is -0.231. The molecule has 0 aromatic heterocycles. The number of carbonyl (C=O) groups excluding carboxylic acids is 2. The van der Waals surface area contributed by atoms with Gasteiger partial charge in [-0.3, -0.25) is 9.59 Å². The summed E-state index contributed by atoms with van der Waals surface area (Å²) in [7, 11) is 1.77. The average molecular weight is 233 g/mol. The van der Waals surface area contributed by atoms with Crippen LogP contribution in [0.25, 0.3) is 0 Å². The smallest absolute Gasteiger partial charge is 0.310 e. The molecule has 0 spiro atoms. The van der Waals surface area contributed by atoms with E-state index in [1.165, 1.54) is 0 Å². The van der Waals surface area contributed by atoms with Gasteiger partial charge in [-0.05, 0) is 24.1 Å². The molecule has 90 valence electrons. The molecule has 0 atom stereocenters. The van der Waals surface area contributed by atoms with Gasteiger partial charge in [0.1, 0.15) is 0 Å². The van der Waals surface area contributed by atoms with Gasteiger partial charge in [-0.25, -0.2) is 0 Å². The summed E-state index contributed by atoms with van der Waals surface area (Å²) in [6, 6.07) is 5.51. The van der Waals surface area contributed by atoms with Crippen molar-refractivity contribution in [3.63, 3.8) is 0 Å². The van der Waals surface area contributed by atoms with Crippen LogP contribution in [0.5, 0.6) is 0 Å². The van der Waals surface area contributed by atoms with Crippen LogP contribution in [0.1, 0.15) is 28.4 Å². The quantitative estimate of drug-likeness (QED) is 0.741. The number of nitrogens with zero attached hydrogens (tertiary/aromatic N) is 1. The van der Waals surface area contributed by atoms with Crippen LogP contribution in [0.15, 0.2) is 18.2 Å². The van der Waals surface area contributed by atoms with E-state index in [4.69, 9.17) is 4.74 Å². The first-order chi connectivity index (χ1) is 8.11. The number of amides is 1. The summed E-state index contributed by atoms with van der Waals surface area (Å²) >= 11 is 0. The average Bonchev–Trinajstić information content (AvgIpc) is 2.55. The zero-order valence-electron chi connectivity index (χ0n) is 10.0. The molecule has 17 heavy (non-hydrogen) atoms. The Hall–Kier alpha value is -1.84. The van der Waals surface area contributed by atoms with Crippen molar-refractivity contribution in [2.45, 2.75) is 19.9 Å². The van der Waals surface area contributed by atoms with E-state index in [0.717, 1.165) is 16.7 Å². The third kappa shape index (κ3) is 2.30. The largest absolute Gasteiger partial charge is 0.466 e. The summed E-state index contributed by atoms with van der Waals surface area (Å²) in [4.78, 5) is 24.7. The van der Waals surface area contributed by atoms with E-state index in [0.29, 0.717) is 13.2 Å². The van der Waals surface area contributed by atoms with Crippen molar-refractivity contribution in [3.8, 4) is 0 Å². The minimum Gasteiger partial charge on any atom is -0.466 e. The van der Waals surface area contributed by atoms with Crippen molar-refractivity contribution in [1.29, 1.82) is 0 Å². The maximum absolute atomic E-state index is 11.7. The molecule has 1 heterocycles. The number of esters is 1. The highest BCUT2D eigenvalue weighted by molar-refractivity contribution is 5.98. The van der Waals surface area contributed by atoms with Crippen LogP contribution in [0.4, 0.5) is 0 Å². The van der Waals surface area contributed by atoms with Crippen LogP contribution in [-0.2, 0) is 22.5 Å². The number of hydrogen-bond acceptors (Lipinski definition) is 3. The van der Waals surface area contributed by atoms with Gasteiger partial charge < -0.3 is 9.64 Å². The van der Waals surface area contributed by atoms with E-state index in [-0.39, 0.29) is 18.3 Å². The predicted octanol–water partition coefficient (Wildman–Crippen LogP) is 1.38. The molecule has 0 aliphatic carbocycles. The SMILES string of the molecule is CCOC(=O)Cc1ccc2c(c1)CN(C)C2=O. The van der Waals surface area contributed by atoms with Gasteiger partial charge in [-0.15, -0.1) is 0 Å². The zero-order valence-corrected chi connectivity index (χ0v) is 10.0.